The number of carbonyl (C=O) groups excluding carboxylic acids is 1. The van der Waals surface area contributed by atoms with Crippen molar-refractivity contribution in [2.24, 2.45) is 17.8 Å². The topological polar surface area (TPSA) is 50.4 Å². The first-order valence-corrected chi connectivity index (χ1v) is 7.77. The molecule has 0 bridgehead atoms. The minimum atomic E-state index is -0.00184. The zero-order valence-electron chi connectivity index (χ0n) is 12.4. The molecule has 1 aliphatic heterocycles. The van der Waals surface area contributed by atoms with Crippen LogP contribution in [0.15, 0.2) is 0 Å². The maximum Gasteiger partial charge on any atom is 0.315 e. The molecule has 4 atom stereocenters. The van der Waals surface area contributed by atoms with Crippen LogP contribution in [0.1, 0.15) is 46.5 Å². The van der Waals surface area contributed by atoms with Gasteiger partial charge in [-0.3, -0.25) is 0 Å². The van der Waals surface area contributed by atoms with Crippen LogP contribution in [-0.4, -0.2) is 31.3 Å². The van der Waals surface area contributed by atoms with Gasteiger partial charge in [0.15, 0.2) is 0 Å². The van der Waals surface area contributed by atoms with Crippen LogP contribution in [0.3, 0.4) is 0 Å². The van der Waals surface area contributed by atoms with Gasteiger partial charge >= 0.3 is 6.03 Å². The Balaban J connectivity index is 1.64. The Morgan fingerprint density at radius 2 is 2.16 bits per heavy atom. The molecule has 0 aromatic carbocycles. The molecule has 1 saturated carbocycles. The number of urea groups is 1. The van der Waals surface area contributed by atoms with E-state index in [9.17, 15) is 4.79 Å². The van der Waals surface area contributed by atoms with Crippen molar-refractivity contribution in [1.82, 2.24) is 10.6 Å². The number of nitrogens with one attached hydrogen (secondary N) is 2. The summed E-state index contributed by atoms with van der Waals surface area (Å²) in [6, 6.07) is 0.415. The van der Waals surface area contributed by atoms with Crippen molar-refractivity contribution in [2.45, 2.75) is 58.6 Å². The summed E-state index contributed by atoms with van der Waals surface area (Å²) in [7, 11) is 0. The summed E-state index contributed by atoms with van der Waals surface area (Å²) in [5.41, 5.74) is 0. The SMILES string of the molecule is CCC[C@H]1C[C@@H]1NC(=O)NC[C@H]1CCO[C@@H]1C(C)C. The zero-order chi connectivity index (χ0) is 13.8. The average Bonchev–Trinajstić information content (AvgIpc) is 2.92. The van der Waals surface area contributed by atoms with Gasteiger partial charge in [-0.05, 0) is 31.1 Å². The largest absolute Gasteiger partial charge is 0.378 e. The fourth-order valence-electron chi connectivity index (χ4n) is 3.17. The molecule has 0 aromatic rings. The Kier molecular flexibility index (Phi) is 5.08. The Labute approximate surface area is 116 Å². The predicted molar refractivity (Wildman–Crippen MR) is 76.0 cm³/mol. The van der Waals surface area contributed by atoms with Gasteiger partial charge in [0.2, 0.25) is 0 Å². The van der Waals surface area contributed by atoms with Gasteiger partial charge in [0.05, 0.1) is 6.10 Å². The normalized spacial score (nSPS) is 33.5. The first-order chi connectivity index (χ1) is 9.11. The summed E-state index contributed by atoms with van der Waals surface area (Å²) in [6.45, 7) is 8.13. The summed E-state index contributed by atoms with van der Waals surface area (Å²) in [5, 5.41) is 6.08. The van der Waals surface area contributed by atoms with E-state index < -0.39 is 0 Å². The molecule has 1 aliphatic carbocycles. The van der Waals surface area contributed by atoms with E-state index in [0.717, 1.165) is 26.0 Å². The Hall–Kier alpha value is -0.770. The lowest BCUT2D eigenvalue weighted by Gasteiger charge is -2.22. The monoisotopic (exact) mass is 268 g/mol. The van der Waals surface area contributed by atoms with Crippen molar-refractivity contribution in [1.29, 1.82) is 0 Å². The van der Waals surface area contributed by atoms with Crippen molar-refractivity contribution < 1.29 is 9.53 Å². The highest BCUT2D eigenvalue weighted by atomic mass is 16.5. The van der Waals surface area contributed by atoms with E-state index in [-0.39, 0.29) is 6.03 Å². The van der Waals surface area contributed by atoms with Crippen molar-refractivity contribution in [3.63, 3.8) is 0 Å². The van der Waals surface area contributed by atoms with Gasteiger partial charge < -0.3 is 15.4 Å². The second-order valence-electron chi connectivity index (χ2n) is 6.37. The lowest BCUT2D eigenvalue weighted by molar-refractivity contribution is 0.0545. The summed E-state index contributed by atoms with van der Waals surface area (Å²) in [5.74, 6) is 1.71. The van der Waals surface area contributed by atoms with Crippen LogP contribution in [0.2, 0.25) is 0 Å². The van der Waals surface area contributed by atoms with Crippen molar-refractivity contribution >= 4 is 6.03 Å². The van der Waals surface area contributed by atoms with Crippen molar-refractivity contribution in [3.05, 3.63) is 0 Å². The van der Waals surface area contributed by atoms with Gasteiger partial charge in [-0.1, -0.05) is 27.2 Å². The summed E-state index contributed by atoms with van der Waals surface area (Å²) < 4.78 is 5.73. The standard InChI is InChI=1S/C15H28N2O2/c1-4-5-11-8-13(11)17-15(18)16-9-12-6-7-19-14(12)10(2)3/h10-14H,4-9H2,1-3H3,(H2,16,17,18)/t11-,12+,13-,14+/m0/s1. The maximum absolute atomic E-state index is 11.8. The van der Waals surface area contributed by atoms with Crippen molar-refractivity contribution in [3.8, 4) is 0 Å². The van der Waals surface area contributed by atoms with Crippen LogP contribution in [0.5, 0.6) is 0 Å². The molecule has 2 rings (SSSR count). The molecule has 0 aromatic heterocycles. The second-order valence-corrected chi connectivity index (χ2v) is 6.37. The molecule has 2 N–H and O–H groups in total. The van der Waals surface area contributed by atoms with Crippen LogP contribution >= 0.6 is 0 Å². The Bertz CT molecular complexity index is 307. The van der Waals surface area contributed by atoms with Crippen LogP contribution < -0.4 is 10.6 Å². The molecule has 0 spiro atoms. The highest BCUT2D eigenvalue weighted by Crippen LogP contribution is 2.34. The number of hydrogen-bond donors (Lipinski definition) is 2. The average molecular weight is 268 g/mol. The first kappa shape index (κ1) is 14.6. The van der Waals surface area contributed by atoms with E-state index in [1.54, 1.807) is 0 Å². The second kappa shape index (κ2) is 6.60. The third kappa shape index (κ3) is 4.10. The van der Waals surface area contributed by atoms with Gasteiger partial charge in [0.25, 0.3) is 0 Å². The van der Waals surface area contributed by atoms with E-state index in [1.807, 2.05) is 0 Å². The van der Waals surface area contributed by atoms with E-state index >= 15 is 0 Å². The molecule has 0 radical (unpaired) electrons. The van der Waals surface area contributed by atoms with E-state index in [4.69, 9.17) is 4.74 Å². The molecule has 4 heteroatoms. The van der Waals surface area contributed by atoms with Gasteiger partial charge in [-0.25, -0.2) is 4.79 Å². The smallest absolute Gasteiger partial charge is 0.315 e. The summed E-state index contributed by atoms with van der Waals surface area (Å²) in [6.07, 6.45) is 4.96. The minimum absolute atomic E-state index is 0.00184. The van der Waals surface area contributed by atoms with Crippen LogP contribution in [0.25, 0.3) is 0 Å². The quantitative estimate of drug-likeness (QED) is 0.778. The summed E-state index contributed by atoms with van der Waals surface area (Å²) >= 11 is 0. The van der Waals surface area contributed by atoms with E-state index in [1.165, 1.54) is 12.8 Å². The Morgan fingerprint density at radius 3 is 2.84 bits per heavy atom. The van der Waals surface area contributed by atoms with Gasteiger partial charge in [0.1, 0.15) is 0 Å². The number of rotatable bonds is 6. The van der Waals surface area contributed by atoms with Crippen LogP contribution in [0.4, 0.5) is 4.79 Å². The first-order valence-electron chi connectivity index (χ1n) is 7.77. The van der Waals surface area contributed by atoms with E-state index in [0.29, 0.717) is 29.9 Å². The molecule has 2 aliphatic rings. The highest BCUT2D eigenvalue weighted by molar-refractivity contribution is 5.74. The molecular formula is C15H28N2O2. The molecular weight excluding hydrogens is 240 g/mol. The molecule has 4 nitrogen and oxygen atoms in total. The fourth-order valence-corrected chi connectivity index (χ4v) is 3.17. The lowest BCUT2D eigenvalue weighted by Crippen LogP contribution is -2.41. The third-order valence-corrected chi connectivity index (χ3v) is 4.34. The Morgan fingerprint density at radius 1 is 1.37 bits per heavy atom. The van der Waals surface area contributed by atoms with Gasteiger partial charge in [0, 0.05) is 25.1 Å². The highest BCUT2D eigenvalue weighted by Gasteiger charge is 2.37. The van der Waals surface area contributed by atoms with Gasteiger partial charge in [-0.15, -0.1) is 0 Å². The molecule has 2 amide bonds. The number of hydrogen-bond acceptors (Lipinski definition) is 2. The number of carbonyl (C=O) groups is 1. The fraction of sp³-hybridized carbons (Fsp3) is 0.933. The van der Waals surface area contributed by atoms with Crippen LogP contribution in [-0.2, 0) is 4.74 Å². The molecule has 1 heterocycles. The molecule has 1 saturated heterocycles. The number of amides is 2. The van der Waals surface area contributed by atoms with E-state index in [2.05, 4.69) is 31.4 Å². The summed E-state index contributed by atoms with van der Waals surface area (Å²) in [4.78, 5) is 11.8. The maximum atomic E-state index is 11.8. The third-order valence-electron chi connectivity index (χ3n) is 4.34. The van der Waals surface area contributed by atoms with Crippen molar-refractivity contribution in [2.75, 3.05) is 13.2 Å². The number of ether oxygens (including phenoxy) is 1. The zero-order valence-corrected chi connectivity index (χ0v) is 12.4. The molecule has 2 fully saturated rings. The van der Waals surface area contributed by atoms with Crippen LogP contribution in [0, 0.1) is 17.8 Å². The molecule has 19 heavy (non-hydrogen) atoms. The lowest BCUT2D eigenvalue weighted by atomic mass is 9.93. The predicted octanol–water partition coefficient (Wildman–Crippen LogP) is 2.54. The molecule has 110 valence electrons. The minimum Gasteiger partial charge on any atom is -0.378 e. The van der Waals surface area contributed by atoms with Gasteiger partial charge in [-0.2, -0.15) is 0 Å². The molecule has 0 unspecified atom stereocenters.